The molecule has 0 radical (unpaired) electrons. The maximum absolute atomic E-state index is 12.6. The van der Waals surface area contributed by atoms with Gasteiger partial charge in [0.1, 0.15) is 11.5 Å². The van der Waals surface area contributed by atoms with Gasteiger partial charge in [-0.3, -0.25) is 0 Å². The molecule has 0 amide bonds. The largest absolute Gasteiger partial charge is 0.433 e. The van der Waals surface area contributed by atoms with Gasteiger partial charge in [0, 0.05) is 19.1 Å². The van der Waals surface area contributed by atoms with Crippen molar-refractivity contribution in [2.24, 2.45) is 0 Å². The molecule has 0 spiro atoms. The summed E-state index contributed by atoms with van der Waals surface area (Å²) in [5, 5.41) is 0. The van der Waals surface area contributed by atoms with Crippen LogP contribution in [0.5, 0.6) is 0 Å². The first-order valence-corrected chi connectivity index (χ1v) is 6.33. The summed E-state index contributed by atoms with van der Waals surface area (Å²) in [6, 6.07) is 4.58. The van der Waals surface area contributed by atoms with Crippen LogP contribution in [0, 0.1) is 0 Å². The molecule has 1 aliphatic heterocycles. The molecular formula is C13H18F3N3. The number of aromatic nitrogens is 1. The highest BCUT2D eigenvalue weighted by molar-refractivity contribution is 5.40. The minimum atomic E-state index is -4.38. The van der Waals surface area contributed by atoms with Gasteiger partial charge in [-0.25, -0.2) is 4.98 Å². The van der Waals surface area contributed by atoms with Gasteiger partial charge in [-0.2, -0.15) is 13.2 Å². The third kappa shape index (κ3) is 3.37. The van der Waals surface area contributed by atoms with Crippen LogP contribution in [0.4, 0.5) is 19.0 Å². The SMILES string of the molecule is CN(C)C1CCN(c2cccc(C(F)(F)F)n2)CC1. The number of hydrogen-bond donors (Lipinski definition) is 0. The second-order valence-electron chi connectivity index (χ2n) is 5.06. The Balaban J connectivity index is 2.08. The molecule has 1 aliphatic rings. The Kier molecular flexibility index (Phi) is 3.99. The average Bonchev–Trinajstić information content (AvgIpc) is 2.38. The predicted molar refractivity (Wildman–Crippen MR) is 68.2 cm³/mol. The molecule has 0 aromatic carbocycles. The third-order valence-corrected chi connectivity index (χ3v) is 3.54. The first kappa shape index (κ1) is 14.1. The molecule has 0 N–H and O–H groups in total. The van der Waals surface area contributed by atoms with Crippen molar-refractivity contribution < 1.29 is 13.2 Å². The molecule has 1 fully saturated rings. The van der Waals surface area contributed by atoms with Crippen LogP contribution in [-0.4, -0.2) is 43.1 Å². The number of rotatable bonds is 2. The van der Waals surface area contributed by atoms with Gasteiger partial charge in [0.05, 0.1) is 0 Å². The van der Waals surface area contributed by atoms with Crippen LogP contribution >= 0.6 is 0 Å². The van der Waals surface area contributed by atoms with Crippen LogP contribution in [0.1, 0.15) is 18.5 Å². The first-order valence-electron chi connectivity index (χ1n) is 6.33. The second kappa shape index (κ2) is 5.36. The zero-order valence-electron chi connectivity index (χ0n) is 11.1. The van der Waals surface area contributed by atoms with Crippen LogP contribution in [0.2, 0.25) is 0 Å². The maximum atomic E-state index is 12.6. The molecule has 2 heterocycles. The molecule has 6 heteroatoms. The highest BCUT2D eigenvalue weighted by Crippen LogP contribution is 2.29. The lowest BCUT2D eigenvalue weighted by Gasteiger charge is -2.36. The van der Waals surface area contributed by atoms with E-state index in [0.29, 0.717) is 11.9 Å². The van der Waals surface area contributed by atoms with Crippen LogP contribution in [-0.2, 0) is 6.18 Å². The summed E-state index contributed by atoms with van der Waals surface area (Å²) >= 11 is 0. The lowest BCUT2D eigenvalue weighted by atomic mass is 10.0. The van der Waals surface area contributed by atoms with Gasteiger partial charge in [0.15, 0.2) is 0 Å². The highest BCUT2D eigenvalue weighted by Gasteiger charge is 2.33. The molecule has 0 bridgehead atoms. The van der Waals surface area contributed by atoms with Crippen molar-refractivity contribution in [3.8, 4) is 0 Å². The Morgan fingerprint density at radius 1 is 1.21 bits per heavy atom. The monoisotopic (exact) mass is 273 g/mol. The number of hydrogen-bond acceptors (Lipinski definition) is 3. The minimum absolute atomic E-state index is 0.423. The summed E-state index contributed by atoms with van der Waals surface area (Å²) in [5.74, 6) is 0.423. The normalized spacial score (nSPS) is 18.1. The lowest BCUT2D eigenvalue weighted by Crippen LogP contribution is -2.42. The number of alkyl halides is 3. The van der Waals surface area contributed by atoms with E-state index in [-0.39, 0.29) is 0 Å². The molecular weight excluding hydrogens is 255 g/mol. The fourth-order valence-electron chi connectivity index (χ4n) is 2.37. The fourth-order valence-corrected chi connectivity index (χ4v) is 2.37. The van der Waals surface area contributed by atoms with Crippen molar-refractivity contribution in [2.75, 3.05) is 32.1 Å². The summed E-state index contributed by atoms with van der Waals surface area (Å²) < 4.78 is 37.8. The van der Waals surface area contributed by atoms with Crippen LogP contribution in [0.15, 0.2) is 18.2 Å². The van der Waals surface area contributed by atoms with Crippen molar-refractivity contribution >= 4 is 5.82 Å². The molecule has 1 saturated heterocycles. The number of piperidine rings is 1. The molecule has 19 heavy (non-hydrogen) atoms. The van der Waals surface area contributed by atoms with Gasteiger partial charge in [-0.1, -0.05) is 6.07 Å². The lowest BCUT2D eigenvalue weighted by molar-refractivity contribution is -0.141. The van der Waals surface area contributed by atoms with Gasteiger partial charge in [-0.05, 0) is 39.1 Å². The van der Waals surface area contributed by atoms with E-state index in [9.17, 15) is 13.2 Å². The molecule has 1 aromatic rings. The van der Waals surface area contributed by atoms with Gasteiger partial charge < -0.3 is 9.80 Å². The molecule has 0 aliphatic carbocycles. The molecule has 0 unspecified atom stereocenters. The molecule has 106 valence electrons. The van der Waals surface area contributed by atoms with Crippen LogP contribution in [0.25, 0.3) is 0 Å². The Labute approximate surface area is 111 Å². The molecule has 3 nitrogen and oxygen atoms in total. The number of nitrogens with zero attached hydrogens (tertiary/aromatic N) is 3. The summed E-state index contributed by atoms with van der Waals surface area (Å²) in [6.07, 6.45) is -2.48. The summed E-state index contributed by atoms with van der Waals surface area (Å²) in [5.41, 5.74) is -0.820. The van der Waals surface area contributed by atoms with E-state index in [1.54, 1.807) is 6.07 Å². The Morgan fingerprint density at radius 3 is 2.37 bits per heavy atom. The van der Waals surface area contributed by atoms with Crippen molar-refractivity contribution in [2.45, 2.75) is 25.1 Å². The van der Waals surface area contributed by atoms with E-state index in [0.717, 1.165) is 32.0 Å². The first-order chi connectivity index (χ1) is 8.88. The average molecular weight is 273 g/mol. The van der Waals surface area contributed by atoms with E-state index < -0.39 is 11.9 Å². The summed E-state index contributed by atoms with van der Waals surface area (Å²) in [4.78, 5) is 7.81. The van der Waals surface area contributed by atoms with Crippen molar-refractivity contribution in [1.82, 2.24) is 9.88 Å². The Hall–Kier alpha value is -1.30. The smallest absolute Gasteiger partial charge is 0.356 e. The van der Waals surface area contributed by atoms with E-state index in [1.165, 1.54) is 6.07 Å². The summed E-state index contributed by atoms with van der Waals surface area (Å²) in [7, 11) is 4.06. The van der Waals surface area contributed by atoms with E-state index >= 15 is 0 Å². The molecule has 0 atom stereocenters. The Morgan fingerprint density at radius 2 is 1.84 bits per heavy atom. The topological polar surface area (TPSA) is 19.4 Å². The minimum Gasteiger partial charge on any atom is -0.356 e. The zero-order chi connectivity index (χ0) is 14.0. The number of anilines is 1. The quantitative estimate of drug-likeness (QED) is 0.825. The second-order valence-corrected chi connectivity index (χ2v) is 5.06. The molecule has 1 aromatic heterocycles. The van der Waals surface area contributed by atoms with E-state index in [1.807, 2.05) is 19.0 Å². The van der Waals surface area contributed by atoms with Crippen LogP contribution in [0.3, 0.4) is 0 Å². The van der Waals surface area contributed by atoms with E-state index in [4.69, 9.17) is 0 Å². The van der Waals surface area contributed by atoms with Gasteiger partial charge >= 0.3 is 6.18 Å². The molecule has 2 rings (SSSR count). The van der Waals surface area contributed by atoms with Crippen molar-refractivity contribution in [3.05, 3.63) is 23.9 Å². The summed E-state index contributed by atoms with van der Waals surface area (Å²) in [6.45, 7) is 1.49. The molecule has 0 saturated carbocycles. The maximum Gasteiger partial charge on any atom is 0.433 e. The zero-order valence-corrected chi connectivity index (χ0v) is 11.1. The fraction of sp³-hybridized carbons (Fsp3) is 0.615. The van der Waals surface area contributed by atoms with Crippen molar-refractivity contribution in [3.63, 3.8) is 0 Å². The van der Waals surface area contributed by atoms with E-state index in [2.05, 4.69) is 9.88 Å². The van der Waals surface area contributed by atoms with Gasteiger partial charge in [0.2, 0.25) is 0 Å². The highest BCUT2D eigenvalue weighted by atomic mass is 19.4. The third-order valence-electron chi connectivity index (χ3n) is 3.54. The predicted octanol–water partition coefficient (Wildman–Crippen LogP) is 2.63. The van der Waals surface area contributed by atoms with Crippen molar-refractivity contribution in [1.29, 1.82) is 0 Å². The van der Waals surface area contributed by atoms with Gasteiger partial charge in [0.25, 0.3) is 0 Å². The van der Waals surface area contributed by atoms with Gasteiger partial charge in [-0.15, -0.1) is 0 Å². The van der Waals surface area contributed by atoms with Crippen LogP contribution < -0.4 is 4.90 Å². The number of halogens is 3. The standard InChI is InChI=1S/C13H18F3N3/c1-18(2)10-6-8-19(9-7-10)12-5-3-4-11(17-12)13(14,15)16/h3-5,10H,6-9H2,1-2H3. The number of pyridine rings is 1. The Bertz CT molecular complexity index is 423.